The van der Waals surface area contributed by atoms with Crippen LogP contribution < -0.4 is 15.4 Å². The van der Waals surface area contributed by atoms with Crippen molar-refractivity contribution in [2.45, 2.75) is 18.5 Å². The van der Waals surface area contributed by atoms with Crippen LogP contribution in [0.2, 0.25) is 5.02 Å². The number of aromatic nitrogens is 3. The molecule has 8 heteroatoms. The predicted octanol–water partition coefficient (Wildman–Crippen LogP) is 1.44. The number of nitrogens with zero attached hydrogens (tertiary/aromatic N) is 5. The molecule has 0 amide bonds. The van der Waals surface area contributed by atoms with Gasteiger partial charge in [0.1, 0.15) is 10.8 Å². The highest BCUT2D eigenvalue weighted by molar-refractivity contribution is 6.33. The summed E-state index contributed by atoms with van der Waals surface area (Å²) in [5, 5.41) is 4.24. The molecule has 0 radical (unpaired) electrons. The third-order valence-electron chi connectivity index (χ3n) is 4.56. The van der Waals surface area contributed by atoms with Crippen LogP contribution in [-0.2, 0) is 7.05 Å². The molecule has 3 aliphatic rings. The van der Waals surface area contributed by atoms with Crippen molar-refractivity contribution in [2.24, 2.45) is 7.05 Å². The van der Waals surface area contributed by atoms with Gasteiger partial charge < -0.3 is 9.80 Å². The number of halogens is 2. The summed E-state index contributed by atoms with van der Waals surface area (Å²) in [5.74, 6) is 0.197. The lowest BCUT2D eigenvalue weighted by Crippen LogP contribution is -2.69. The number of aryl methyl sites for hydroxylation is 1. The third kappa shape index (κ3) is 2.26. The van der Waals surface area contributed by atoms with Gasteiger partial charge in [-0.15, -0.1) is 0 Å². The second kappa shape index (κ2) is 5.19. The number of piperazine rings is 1. The van der Waals surface area contributed by atoms with E-state index < -0.39 is 5.95 Å². The molecule has 3 saturated heterocycles. The van der Waals surface area contributed by atoms with Crippen LogP contribution in [-0.4, -0.2) is 39.9 Å². The topological polar surface area (TPSA) is 54.3 Å². The van der Waals surface area contributed by atoms with Gasteiger partial charge in [-0.1, -0.05) is 17.7 Å². The number of hydrogen-bond acceptors (Lipinski definition) is 5. The van der Waals surface area contributed by atoms with Crippen molar-refractivity contribution in [3.05, 3.63) is 45.7 Å². The lowest BCUT2D eigenvalue weighted by Gasteiger charge is -2.57. The van der Waals surface area contributed by atoms with E-state index in [4.69, 9.17) is 11.6 Å². The van der Waals surface area contributed by atoms with Crippen molar-refractivity contribution in [3.63, 3.8) is 0 Å². The highest BCUT2D eigenvalue weighted by atomic mass is 35.5. The Morgan fingerprint density at radius 1 is 1.30 bits per heavy atom. The van der Waals surface area contributed by atoms with Gasteiger partial charge in [-0.25, -0.2) is 9.67 Å². The normalized spacial score (nSPS) is 22.9. The van der Waals surface area contributed by atoms with Gasteiger partial charge >= 0.3 is 0 Å². The molecule has 0 aliphatic carbocycles. The van der Waals surface area contributed by atoms with E-state index in [1.165, 1.54) is 10.7 Å². The molecule has 23 heavy (non-hydrogen) atoms. The van der Waals surface area contributed by atoms with Crippen molar-refractivity contribution in [3.8, 4) is 0 Å². The average Bonchev–Trinajstić information content (AvgIpc) is 2.53. The molecular weight excluding hydrogens is 321 g/mol. The molecule has 6 nitrogen and oxygen atoms in total. The molecule has 2 aromatic heterocycles. The maximum atomic E-state index is 13.3. The van der Waals surface area contributed by atoms with Gasteiger partial charge in [-0.2, -0.15) is 9.49 Å². The first kappa shape index (κ1) is 14.4. The van der Waals surface area contributed by atoms with E-state index in [0.717, 1.165) is 6.42 Å². The highest BCUT2D eigenvalue weighted by Crippen LogP contribution is 2.38. The van der Waals surface area contributed by atoms with Crippen LogP contribution in [0.3, 0.4) is 0 Å². The summed E-state index contributed by atoms with van der Waals surface area (Å²) in [5.41, 5.74) is 0.364. The zero-order valence-electron chi connectivity index (χ0n) is 12.5. The van der Waals surface area contributed by atoms with E-state index in [0.29, 0.717) is 24.6 Å². The Hall–Kier alpha value is -2.15. The van der Waals surface area contributed by atoms with E-state index >= 15 is 0 Å². The molecule has 5 heterocycles. The largest absolute Gasteiger partial charge is 0.365 e. The van der Waals surface area contributed by atoms with Gasteiger partial charge in [0.25, 0.3) is 5.56 Å². The Bertz CT molecular complexity index is 814. The molecule has 0 saturated carbocycles. The van der Waals surface area contributed by atoms with Gasteiger partial charge in [-0.3, -0.25) is 4.79 Å². The predicted molar refractivity (Wildman–Crippen MR) is 85.6 cm³/mol. The van der Waals surface area contributed by atoms with Crippen molar-refractivity contribution in [2.75, 3.05) is 22.9 Å². The van der Waals surface area contributed by atoms with Gasteiger partial charge in [0.2, 0.25) is 5.95 Å². The number of fused-ring (bicyclic) bond motifs is 2. The first-order valence-corrected chi connectivity index (χ1v) is 7.80. The molecular formula is C15H15ClFN5O. The van der Waals surface area contributed by atoms with E-state index in [2.05, 4.69) is 19.9 Å². The van der Waals surface area contributed by atoms with E-state index in [1.54, 1.807) is 19.3 Å². The van der Waals surface area contributed by atoms with Crippen LogP contribution in [0.25, 0.3) is 0 Å². The fourth-order valence-corrected chi connectivity index (χ4v) is 3.73. The molecule has 0 spiro atoms. The summed E-state index contributed by atoms with van der Waals surface area (Å²) in [7, 11) is 1.57. The quantitative estimate of drug-likeness (QED) is 0.777. The van der Waals surface area contributed by atoms with Crippen molar-refractivity contribution >= 4 is 23.1 Å². The molecule has 120 valence electrons. The van der Waals surface area contributed by atoms with Crippen LogP contribution in [0.15, 0.2) is 29.2 Å². The number of rotatable bonds is 2. The van der Waals surface area contributed by atoms with E-state index in [-0.39, 0.29) is 22.7 Å². The zero-order chi connectivity index (χ0) is 16.1. The number of piperidine rings is 1. The molecule has 0 aromatic carbocycles. The zero-order valence-corrected chi connectivity index (χ0v) is 13.2. The van der Waals surface area contributed by atoms with Gasteiger partial charge in [0.05, 0.1) is 24.0 Å². The van der Waals surface area contributed by atoms with E-state index in [1.807, 2.05) is 6.07 Å². The lowest BCUT2D eigenvalue weighted by molar-refractivity contribution is 0.287. The lowest BCUT2D eigenvalue weighted by atomic mass is 9.87. The number of hydrogen-bond donors (Lipinski definition) is 0. The first-order valence-electron chi connectivity index (χ1n) is 7.42. The minimum Gasteiger partial charge on any atom is -0.365 e. The minimum absolute atomic E-state index is 0.194. The standard InChI is InChI=1S/C15H15ClFN5O/c1-20-15(23)14(16)11(6-18-20)21-7-9-5-10(8-21)22(9)13-4-2-3-12(17)19-13/h2-4,6,9-10H,5,7-8H2,1H3. The Morgan fingerprint density at radius 3 is 2.74 bits per heavy atom. The number of anilines is 2. The molecule has 2 atom stereocenters. The summed E-state index contributed by atoms with van der Waals surface area (Å²) < 4.78 is 14.6. The molecule has 3 aliphatic heterocycles. The summed E-state index contributed by atoms with van der Waals surface area (Å²) in [6.45, 7) is 1.42. The van der Waals surface area contributed by atoms with Gasteiger partial charge in [0, 0.05) is 20.1 Å². The minimum atomic E-state index is -0.469. The Morgan fingerprint density at radius 2 is 2.04 bits per heavy atom. The smallest absolute Gasteiger partial charge is 0.287 e. The van der Waals surface area contributed by atoms with Crippen molar-refractivity contribution in [1.82, 2.24) is 14.8 Å². The van der Waals surface area contributed by atoms with E-state index in [9.17, 15) is 9.18 Å². The molecule has 3 fully saturated rings. The highest BCUT2D eigenvalue weighted by Gasteiger charge is 2.45. The molecule has 5 rings (SSSR count). The first-order chi connectivity index (χ1) is 11.0. The molecule has 0 N–H and O–H groups in total. The van der Waals surface area contributed by atoms with Crippen LogP contribution >= 0.6 is 11.6 Å². The van der Waals surface area contributed by atoms with Crippen LogP contribution in [0.1, 0.15) is 6.42 Å². The SMILES string of the molecule is Cn1ncc(N2CC3CC(C2)N3c2cccc(F)n2)c(Cl)c1=O. The fraction of sp³-hybridized carbons (Fsp3) is 0.400. The van der Waals surface area contributed by atoms with Crippen LogP contribution in [0.5, 0.6) is 0 Å². The van der Waals surface area contributed by atoms with Crippen LogP contribution in [0, 0.1) is 5.95 Å². The molecule has 2 aromatic rings. The fourth-order valence-electron chi connectivity index (χ4n) is 3.44. The van der Waals surface area contributed by atoms with Crippen molar-refractivity contribution < 1.29 is 4.39 Å². The Balaban J connectivity index is 1.58. The summed E-state index contributed by atoms with van der Waals surface area (Å²) >= 11 is 6.18. The summed E-state index contributed by atoms with van der Waals surface area (Å²) in [6, 6.07) is 5.32. The van der Waals surface area contributed by atoms with Crippen LogP contribution in [0.4, 0.5) is 15.9 Å². The van der Waals surface area contributed by atoms with Gasteiger partial charge in [0.15, 0.2) is 0 Å². The van der Waals surface area contributed by atoms with Gasteiger partial charge in [-0.05, 0) is 18.6 Å². The molecule has 2 bridgehead atoms. The Labute approximate surface area is 137 Å². The summed E-state index contributed by atoms with van der Waals surface area (Å²) in [4.78, 5) is 20.1. The Kier molecular flexibility index (Phi) is 3.26. The van der Waals surface area contributed by atoms with Crippen molar-refractivity contribution in [1.29, 1.82) is 0 Å². The maximum Gasteiger partial charge on any atom is 0.287 e. The second-order valence-electron chi connectivity index (χ2n) is 5.95. The molecule has 2 unspecified atom stereocenters. The maximum absolute atomic E-state index is 13.3. The average molecular weight is 336 g/mol. The summed E-state index contributed by atoms with van der Waals surface area (Å²) in [6.07, 6.45) is 2.66. The second-order valence-corrected chi connectivity index (χ2v) is 6.32. The monoisotopic (exact) mass is 335 g/mol. The third-order valence-corrected chi connectivity index (χ3v) is 4.91. The number of pyridine rings is 1.